The standard InChI is InChI=1S/C12H18ClN3O/c1-7-8(2)12(16-15-11(7)13)14-9(3)10-5-4-6-17-10/h9-10H,4-6H2,1-3H3,(H,14,16). The van der Waals surface area contributed by atoms with Crippen LogP contribution in [0.25, 0.3) is 0 Å². The highest BCUT2D eigenvalue weighted by Crippen LogP contribution is 2.23. The summed E-state index contributed by atoms with van der Waals surface area (Å²) in [7, 11) is 0. The Balaban J connectivity index is 2.10. The Hall–Kier alpha value is -0.870. The maximum atomic E-state index is 5.92. The van der Waals surface area contributed by atoms with Crippen molar-refractivity contribution in [2.24, 2.45) is 0 Å². The number of ether oxygens (including phenoxy) is 1. The lowest BCUT2D eigenvalue weighted by atomic mass is 10.1. The largest absolute Gasteiger partial charge is 0.376 e. The zero-order chi connectivity index (χ0) is 12.4. The zero-order valence-corrected chi connectivity index (χ0v) is 11.2. The molecule has 1 saturated heterocycles. The number of nitrogens with zero attached hydrogens (tertiary/aromatic N) is 2. The van der Waals surface area contributed by atoms with Crippen molar-refractivity contribution in [2.45, 2.75) is 45.8 Å². The summed E-state index contributed by atoms with van der Waals surface area (Å²) in [4.78, 5) is 0. The van der Waals surface area contributed by atoms with Gasteiger partial charge in [0.2, 0.25) is 0 Å². The maximum Gasteiger partial charge on any atom is 0.155 e. The fourth-order valence-electron chi connectivity index (χ4n) is 2.02. The van der Waals surface area contributed by atoms with E-state index in [1.807, 2.05) is 13.8 Å². The second-order valence-electron chi connectivity index (χ2n) is 4.57. The van der Waals surface area contributed by atoms with E-state index in [1.165, 1.54) is 0 Å². The van der Waals surface area contributed by atoms with Crippen LogP contribution in [0.4, 0.5) is 5.82 Å². The van der Waals surface area contributed by atoms with Gasteiger partial charge in [-0.15, -0.1) is 10.2 Å². The van der Waals surface area contributed by atoms with Crippen LogP contribution >= 0.6 is 11.6 Å². The summed E-state index contributed by atoms with van der Waals surface area (Å²) in [5.41, 5.74) is 2.03. The van der Waals surface area contributed by atoms with E-state index in [2.05, 4.69) is 22.4 Å². The molecule has 0 spiro atoms. The van der Waals surface area contributed by atoms with Gasteiger partial charge in [-0.1, -0.05) is 11.6 Å². The lowest BCUT2D eigenvalue weighted by molar-refractivity contribution is 0.0995. The van der Waals surface area contributed by atoms with E-state index in [0.29, 0.717) is 5.15 Å². The normalized spacial score (nSPS) is 21.5. The second-order valence-corrected chi connectivity index (χ2v) is 4.93. The molecular formula is C12H18ClN3O. The first-order valence-corrected chi connectivity index (χ1v) is 6.35. The summed E-state index contributed by atoms with van der Waals surface area (Å²) in [6.45, 7) is 6.93. The topological polar surface area (TPSA) is 47.0 Å². The fourth-order valence-corrected chi connectivity index (χ4v) is 2.20. The average molecular weight is 256 g/mol. The van der Waals surface area contributed by atoms with Crippen LogP contribution in [0, 0.1) is 13.8 Å². The quantitative estimate of drug-likeness (QED) is 0.902. The molecule has 5 heteroatoms. The van der Waals surface area contributed by atoms with Gasteiger partial charge in [0.25, 0.3) is 0 Å². The van der Waals surface area contributed by atoms with Crippen LogP contribution in [0.3, 0.4) is 0 Å². The van der Waals surface area contributed by atoms with Gasteiger partial charge in [0, 0.05) is 6.61 Å². The highest BCUT2D eigenvalue weighted by molar-refractivity contribution is 6.30. The van der Waals surface area contributed by atoms with Crippen molar-refractivity contribution in [1.29, 1.82) is 0 Å². The molecule has 1 aromatic rings. The summed E-state index contributed by atoms with van der Waals surface area (Å²) < 4.78 is 5.64. The zero-order valence-electron chi connectivity index (χ0n) is 10.5. The predicted molar refractivity (Wildman–Crippen MR) is 68.6 cm³/mol. The predicted octanol–water partition coefficient (Wildman–Crippen LogP) is 2.73. The molecule has 0 aromatic carbocycles. The number of hydrogen-bond donors (Lipinski definition) is 1. The van der Waals surface area contributed by atoms with Crippen LogP contribution in [0.5, 0.6) is 0 Å². The van der Waals surface area contributed by atoms with Gasteiger partial charge >= 0.3 is 0 Å². The van der Waals surface area contributed by atoms with Gasteiger partial charge in [-0.05, 0) is 44.7 Å². The Bertz CT molecular complexity index is 405. The summed E-state index contributed by atoms with van der Waals surface area (Å²) in [5, 5.41) is 11.9. The van der Waals surface area contributed by atoms with Crippen molar-refractivity contribution in [3.05, 3.63) is 16.3 Å². The van der Waals surface area contributed by atoms with Crippen LogP contribution in [0.1, 0.15) is 30.9 Å². The maximum absolute atomic E-state index is 5.92. The molecule has 1 aliphatic rings. The lowest BCUT2D eigenvalue weighted by Crippen LogP contribution is -2.31. The molecule has 0 amide bonds. The average Bonchev–Trinajstić information content (AvgIpc) is 2.83. The summed E-state index contributed by atoms with van der Waals surface area (Å²) in [6.07, 6.45) is 2.51. The first-order valence-electron chi connectivity index (χ1n) is 5.97. The van der Waals surface area contributed by atoms with Crippen LogP contribution in [-0.4, -0.2) is 29.0 Å². The van der Waals surface area contributed by atoms with Crippen molar-refractivity contribution in [3.8, 4) is 0 Å². The Morgan fingerprint density at radius 2 is 2.12 bits per heavy atom. The molecule has 0 saturated carbocycles. The summed E-state index contributed by atoms with van der Waals surface area (Å²) in [6, 6.07) is 0.242. The molecule has 17 heavy (non-hydrogen) atoms. The molecule has 1 aliphatic heterocycles. The van der Waals surface area contributed by atoms with Crippen LogP contribution in [0.2, 0.25) is 5.15 Å². The van der Waals surface area contributed by atoms with Crippen molar-refractivity contribution in [2.75, 3.05) is 11.9 Å². The number of nitrogens with one attached hydrogen (secondary N) is 1. The molecule has 1 aromatic heterocycles. The van der Waals surface area contributed by atoms with E-state index in [1.54, 1.807) is 0 Å². The van der Waals surface area contributed by atoms with Crippen LogP contribution in [-0.2, 0) is 4.74 Å². The molecule has 0 radical (unpaired) electrons. The molecule has 0 aliphatic carbocycles. The molecule has 1 fully saturated rings. The fraction of sp³-hybridized carbons (Fsp3) is 0.667. The highest BCUT2D eigenvalue weighted by Gasteiger charge is 2.23. The molecule has 2 rings (SSSR count). The monoisotopic (exact) mass is 255 g/mol. The van der Waals surface area contributed by atoms with E-state index < -0.39 is 0 Å². The number of halogens is 1. The minimum Gasteiger partial charge on any atom is -0.376 e. The molecule has 0 bridgehead atoms. The van der Waals surface area contributed by atoms with E-state index in [0.717, 1.165) is 36.4 Å². The number of aromatic nitrogens is 2. The molecule has 2 atom stereocenters. The number of rotatable bonds is 3. The van der Waals surface area contributed by atoms with Crippen molar-refractivity contribution >= 4 is 17.4 Å². The van der Waals surface area contributed by atoms with E-state index in [9.17, 15) is 0 Å². The van der Waals surface area contributed by atoms with E-state index in [4.69, 9.17) is 16.3 Å². The van der Waals surface area contributed by atoms with Gasteiger partial charge in [0.1, 0.15) is 0 Å². The third kappa shape index (κ3) is 2.69. The van der Waals surface area contributed by atoms with Gasteiger partial charge in [0.05, 0.1) is 12.1 Å². The number of hydrogen-bond acceptors (Lipinski definition) is 4. The Morgan fingerprint density at radius 1 is 1.35 bits per heavy atom. The third-order valence-electron chi connectivity index (χ3n) is 3.35. The first-order chi connectivity index (χ1) is 8.09. The molecule has 2 heterocycles. The van der Waals surface area contributed by atoms with Crippen LogP contribution in [0.15, 0.2) is 0 Å². The van der Waals surface area contributed by atoms with Gasteiger partial charge in [0.15, 0.2) is 11.0 Å². The van der Waals surface area contributed by atoms with Crippen molar-refractivity contribution in [1.82, 2.24) is 10.2 Å². The lowest BCUT2D eigenvalue weighted by Gasteiger charge is -2.21. The minimum atomic E-state index is 0.242. The summed E-state index contributed by atoms with van der Waals surface area (Å²) >= 11 is 5.92. The van der Waals surface area contributed by atoms with Crippen molar-refractivity contribution < 1.29 is 4.74 Å². The molecule has 4 nitrogen and oxygen atoms in total. The van der Waals surface area contributed by atoms with Crippen molar-refractivity contribution in [3.63, 3.8) is 0 Å². The van der Waals surface area contributed by atoms with Gasteiger partial charge in [-0.3, -0.25) is 0 Å². The molecular weight excluding hydrogens is 238 g/mol. The Labute approximate surface area is 107 Å². The van der Waals surface area contributed by atoms with Crippen LogP contribution < -0.4 is 5.32 Å². The van der Waals surface area contributed by atoms with E-state index in [-0.39, 0.29) is 12.1 Å². The first kappa shape index (κ1) is 12.6. The van der Waals surface area contributed by atoms with E-state index >= 15 is 0 Å². The second kappa shape index (κ2) is 5.19. The van der Waals surface area contributed by atoms with Gasteiger partial charge in [-0.2, -0.15) is 0 Å². The molecule has 2 unspecified atom stereocenters. The Morgan fingerprint density at radius 3 is 2.76 bits per heavy atom. The smallest absolute Gasteiger partial charge is 0.155 e. The highest BCUT2D eigenvalue weighted by atomic mass is 35.5. The number of anilines is 1. The third-order valence-corrected chi connectivity index (χ3v) is 3.71. The van der Waals surface area contributed by atoms with Gasteiger partial charge < -0.3 is 10.1 Å². The summed E-state index contributed by atoms with van der Waals surface area (Å²) in [5.74, 6) is 0.801. The SMILES string of the molecule is Cc1c(Cl)nnc(NC(C)C2CCCO2)c1C. The Kier molecular flexibility index (Phi) is 3.84. The molecule has 94 valence electrons. The van der Waals surface area contributed by atoms with Gasteiger partial charge in [-0.25, -0.2) is 0 Å². The minimum absolute atomic E-state index is 0.242. The molecule has 1 N–H and O–H groups in total.